The average Bonchev–Trinajstić information content (AvgIpc) is 2.75. The van der Waals surface area contributed by atoms with Crippen LogP contribution in [-0.2, 0) is 7.05 Å². The van der Waals surface area contributed by atoms with Crippen LogP contribution in [0.5, 0.6) is 0 Å². The van der Waals surface area contributed by atoms with Crippen molar-refractivity contribution in [3.05, 3.63) is 41.1 Å². The van der Waals surface area contributed by atoms with Crippen LogP contribution in [0.3, 0.4) is 0 Å². The highest BCUT2D eigenvalue weighted by Crippen LogP contribution is 2.16. The second-order valence-corrected chi connectivity index (χ2v) is 3.71. The molecule has 0 amide bonds. The Balaban J connectivity index is 2.22. The monoisotopic (exact) mass is 227 g/mol. The molecule has 0 unspecified atom stereocenters. The first-order valence-corrected chi connectivity index (χ1v) is 5.07. The van der Waals surface area contributed by atoms with Crippen LogP contribution in [0.1, 0.15) is 0 Å². The Morgan fingerprint density at radius 2 is 2.18 bits per heavy atom. The fourth-order valence-corrected chi connectivity index (χ4v) is 1.62. The van der Waals surface area contributed by atoms with E-state index in [4.69, 9.17) is 0 Å². The van der Waals surface area contributed by atoms with Gasteiger partial charge in [0.1, 0.15) is 5.52 Å². The summed E-state index contributed by atoms with van der Waals surface area (Å²) in [6.07, 6.45) is 5.21. The molecule has 0 aromatic carbocycles. The maximum Gasteiger partial charge on any atom is 0.249 e. The molecule has 0 radical (unpaired) electrons. The van der Waals surface area contributed by atoms with Crippen LogP contribution in [0.15, 0.2) is 35.5 Å². The minimum absolute atomic E-state index is 0.185. The van der Waals surface area contributed by atoms with Gasteiger partial charge in [-0.3, -0.25) is 14.5 Å². The molecule has 0 spiro atoms. The Bertz CT molecular complexity index is 743. The highest BCUT2D eigenvalue weighted by molar-refractivity contribution is 5.72. The molecule has 3 rings (SSSR count). The standard InChI is InChI=1S/C11H9N5O/c1-16-6-7(4-13-16)9-5-12-8-2-3-10(17)15-11(8)14-9/h2-6H,1H3,(H,14,15,17). The van der Waals surface area contributed by atoms with Gasteiger partial charge in [0.25, 0.3) is 0 Å². The average molecular weight is 227 g/mol. The van der Waals surface area contributed by atoms with Crippen molar-refractivity contribution in [1.29, 1.82) is 0 Å². The minimum atomic E-state index is -0.185. The van der Waals surface area contributed by atoms with Gasteiger partial charge in [0.2, 0.25) is 5.56 Å². The summed E-state index contributed by atoms with van der Waals surface area (Å²) in [7, 11) is 1.83. The van der Waals surface area contributed by atoms with E-state index < -0.39 is 0 Å². The van der Waals surface area contributed by atoms with E-state index in [0.29, 0.717) is 16.9 Å². The molecule has 84 valence electrons. The molecule has 3 aromatic rings. The van der Waals surface area contributed by atoms with Crippen molar-refractivity contribution in [2.24, 2.45) is 7.05 Å². The van der Waals surface area contributed by atoms with Crippen LogP contribution in [0, 0.1) is 0 Å². The Kier molecular flexibility index (Phi) is 2.01. The summed E-state index contributed by atoms with van der Waals surface area (Å²) in [5.41, 5.74) is 2.52. The van der Waals surface area contributed by atoms with Crippen LogP contribution in [0.4, 0.5) is 0 Å². The summed E-state index contributed by atoms with van der Waals surface area (Å²) in [5.74, 6) is 0. The van der Waals surface area contributed by atoms with Gasteiger partial charge in [0.15, 0.2) is 5.65 Å². The van der Waals surface area contributed by atoms with Gasteiger partial charge in [-0.2, -0.15) is 5.10 Å². The summed E-state index contributed by atoms with van der Waals surface area (Å²) < 4.78 is 1.69. The number of aromatic amines is 1. The number of hydrogen-bond donors (Lipinski definition) is 1. The van der Waals surface area contributed by atoms with Crippen LogP contribution >= 0.6 is 0 Å². The van der Waals surface area contributed by atoms with Gasteiger partial charge in [-0.25, -0.2) is 4.98 Å². The zero-order valence-corrected chi connectivity index (χ0v) is 9.08. The minimum Gasteiger partial charge on any atom is -0.305 e. The van der Waals surface area contributed by atoms with Crippen LogP contribution in [0.2, 0.25) is 0 Å². The third-order valence-electron chi connectivity index (χ3n) is 2.44. The molecular weight excluding hydrogens is 218 g/mol. The molecule has 0 saturated heterocycles. The van der Waals surface area contributed by atoms with Gasteiger partial charge >= 0.3 is 0 Å². The maximum atomic E-state index is 11.2. The van der Waals surface area contributed by atoms with E-state index in [0.717, 1.165) is 5.56 Å². The van der Waals surface area contributed by atoms with Crippen molar-refractivity contribution >= 4 is 11.2 Å². The number of nitrogens with one attached hydrogen (secondary N) is 1. The molecular formula is C11H9N5O. The van der Waals surface area contributed by atoms with Crippen molar-refractivity contribution in [3.63, 3.8) is 0 Å². The SMILES string of the molecule is Cn1cc(-c2cnc3ccc(=O)[nH]c3n2)cn1. The van der Waals surface area contributed by atoms with Crippen molar-refractivity contribution in [2.75, 3.05) is 0 Å². The predicted octanol–water partition coefficient (Wildman–Crippen LogP) is 0.719. The number of fused-ring (bicyclic) bond motifs is 1. The normalized spacial score (nSPS) is 10.9. The lowest BCUT2D eigenvalue weighted by atomic mass is 10.2. The van der Waals surface area contributed by atoms with E-state index in [2.05, 4.69) is 20.1 Å². The molecule has 6 nitrogen and oxygen atoms in total. The summed E-state index contributed by atoms with van der Waals surface area (Å²) in [5, 5.41) is 4.07. The molecule has 0 aliphatic heterocycles. The molecule has 0 saturated carbocycles. The molecule has 0 bridgehead atoms. The molecule has 3 heterocycles. The van der Waals surface area contributed by atoms with Gasteiger partial charge in [0.05, 0.1) is 18.1 Å². The van der Waals surface area contributed by atoms with Crippen LogP contribution in [0.25, 0.3) is 22.4 Å². The van der Waals surface area contributed by atoms with Crippen LogP contribution < -0.4 is 5.56 Å². The van der Waals surface area contributed by atoms with Crippen LogP contribution in [-0.4, -0.2) is 24.7 Å². The van der Waals surface area contributed by atoms with E-state index in [-0.39, 0.29) is 5.56 Å². The quantitative estimate of drug-likeness (QED) is 0.664. The number of rotatable bonds is 1. The first-order valence-electron chi connectivity index (χ1n) is 5.07. The van der Waals surface area contributed by atoms with Gasteiger partial charge in [-0.05, 0) is 6.07 Å². The predicted molar refractivity (Wildman–Crippen MR) is 62.4 cm³/mol. The second-order valence-electron chi connectivity index (χ2n) is 3.71. The Labute approximate surface area is 96.0 Å². The number of aromatic nitrogens is 5. The highest BCUT2D eigenvalue weighted by Gasteiger charge is 2.04. The van der Waals surface area contributed by atoms with Gasteiger partial charge < -0.3 is 4.98 Å². The Morgan fingerprint density at radius 3 is 2.94 bits per heavy atom. The first kappa shape index (κ1) is 9.71. The molecule has 0 fully saturated rings. The Hall–Kier alpha value is -2.50. The van der Waals surface area contributed by atoms with E-state index in [1.807, 2.05) is 13.2 Å². The number of nitrogens with zero attached hydrogens (tertiary/aromatic N) is 4. The van der Waals surface area contributed by atoms with Gasteiger partial charge in [-0.1, -0.05) is 0 Å². The fraction of sp³-hybridized carbons (Fsp3) is 0.0909. The third kappa shape index (κ3) is 1.69. The molecule has 1 N–H and O–H groups in total. The van der Waals surface area contributed by atoms with Crippen molar-refractivity contribution in [3.8, 4) is 11.3 Å². The Morgan fingerprint density at radius 1 is 1.29 bits per heavy atom. The van der Waals surface area contributed by atoms with Crippen molar-refractivity contribution < 1.29 is 0 Å². The largest absolute Gasteiger partial charge is 0.305 e. The topological polar surface area (TPSA) is 76.5 Å². The third-order valence-corrected chi connectivity index (χ3v) is 2.44. The summed E-state index contributed by atoms with van der Waals surface area (Å²) >= 11 is 0. The van der Waals surface area contributed by atoms with Crippen molar-refractivity contribution in [2.45, 2.75) is 0 Å². The van der Waals surface area contributed by atoms with E-state index in [9.17, 15) is 4.79 Å². The maximum absolute atomic E-state index is 11.2. The smallest absolute Gasteiger partial charge is 0.249 e. The molecule has 0 aliphatic carbocycles. The number of H-pyrrole nitrogens is 1. The molecule has 3 aromatic heterocycles. The molecule has 6 heteroatoms. The lowest BCUT2D eigenvalue weighted by Crippen LogP contribution is -2.04. The zero-order chi connectivity index (χ0) is 11.8. The summed E-state index contributed by atoms with van der Waals surface area (Å²) in [4.78, 5) is 22.4. The number of hydrogen-bond acceptors (Lipinski definition) is 4. The lowest BCUT2D eigenvalue weighted by molar-refractivity contribution is 0.768. The summed E-state index contributed by atoms with van der Waals surface area (Å²) in [6, 6.07) is 3.08. The van der Waals surface area contributed by atoms with E-state index in [1.54, 1.807) is 23.1 Å². The fourth-order valence-electron chi connectivity index (χ4n) is 1.62. The van der Waals surface area contributed by atoms with E-state index in [1.165, 1.54) is 6.07 Å². The lowest BCUT2D eigenvalue weighted by Gasteiger charge is -1.98. The zero-order valence-electron chi connectivity index (χ0n) is 9.08. The molecule has 0 aliphatic rings. The summed E-state index contributed by atoms with van der Waals surface area (Å²) in [6.45, 7) is 0. The van der Waals surface area contributed by atoms with Gasteiger partial charge in [0, 0.05) is 24.9 Å². The number of pyridine rings is 1. The highest BCUT2D eigenvalue weighted by atomic mass is 16.1. The van der Waals surface area contributed by atoms with E-state index >= 15 is 0 Å². The van der Waals surface area contributed by atoms with Gasteiger partial charge in [-0.15, -0.1) is 0 Å². The second kappa shape index (κ2) is 3.51. The molecule has 17 heavy (non-hydrogen) atoms. The van der Waals surface area contributed by atoms with Crippen molar-refractivity contribution in [1.82, 2.24) is 24.7 Å². The number of aryl methyl sites for hydroxylation is 1. The first-order chi connectivity index (χ1) is 8.22. The molecule has 0 atom stereocenters.